The van der Waals surface area contributed by atoms with Crippen molar-refractivity contribution in [3.63, 3.8) is 0 Å². The number of esters is 1. The smallest absolute Gasteiger partial charge is 0.387 e. The number of ether oxygens (including phenoxy) is 3. The van der Waals surface area contributed by atoms with Crippen LogP contribution in [-0.2, 0) is 16.1 Å². The van der Waals surface area contributed by atoms with E-state index in [1.54, 1.807) is 25.1 Å². The summed E-state index contributed by atoms with van der Waals surface area (Å²) in [4.78, 5) is 15.5. The van der Waals surface area contributed by atoms with E-state index in [2.05, 4.69) is 25.1 Å². The number of halogens is 2. The van der Waals surface area contributed by atoms with Gasteiger partial charge in [-0.3, -0.25) is 4.79 Å². The highest BCUT2D eigenvalue weighted by Gasteiger charge is 2.15. The van der Waals surface area contributed by atoms with Crippen LogP contribution in [0.25, 0.3) is 0 Å². The number of benzene rings is 1. The molecule has 1 aromatic rings. The third kappa shape index (κ3) is 9.96. The molecule has 0 unspecified atom stereocenters. The molecule has 0 aliphatic rings. The van der Waals surface area contributed by atoms with E-state index in [1.165, 1.54) is 7.11 Å². The van der Waals surface area contributed by atoms with Gasteiger partial charge in [0, 0.05) is 25.1 Å². The quantitative estimate of drug-likeness (QED) is 0.222. The van der Waals surface area contributed by atoms with Crippen molar-refractivity contribution in [1.82, 2.24) is 10.6 Å². The average molecular weight is 415 g/mol. The summed E-state index contributed by atoms with van der Waals surface area (Å²) in [5, 5.41) is 6.31. The van der Waals surface area contributed by atoms with Gasteiger partial charge in [-0.2, -0.15) is 8.78 Å². The predicted octanol–water partition coefficient (Wildman–Crippen LogP) is 3.48. The topological polar surface area (TPSA) is 81.2 Å². The SMILES string of the molecule is CCNC(=NCc1cccc(OCC)c1OC(F)F)NCCCCCC(=O)OC. The van der Waals surface area contributed by atoms with Crippen LogP contribution in [0, 0.1) is 0 Å². The lowest BCUT2D eigenvalue weighted by atomic mass is 10.2. The van der Waals surface area contributed by atoms with E-state index in [0.717, 1.165) is 19.3 Å². The number of aliphatic imine (C=N–C) groups is 1. The van der Waals surface area contributed by atoms with Crippen LogP contribution in [-0.4, -0.2) is 45.3 Å². The maximum atomic E-state index is 12.8. The summed E-state index contributed by atoms with van der Waals surface area (Å²) >= 11 is 0. The largest absolute Gasteiger partial charge is 0.490 e. The van der Waals surface area contributed by atoms with E-state index in [1.807, 2.05) is 6.92 Å². The van der Waals surface area contributed by atoms with Gasteiger partial charge in [0.2, 0.25) is 0 Å². The molecule has 0 amide bonds. The second-order valence-electron chi connectivity index (χ2n) is 6.06. The molecule has 1 aromatic carbocycles. The van der Waals surface area contributed by atoms with Gasteiger partial charge in [-0.25, -0.2) is 4.99 Å². The third-order valence-corrected chi connectivity index (χ3v) is 3.90. The summed E-state index contributed by atoms with van der Waals surface area (Å²) in [6.07, 6.45) is 2.92. The predicted molar refractivity (Wildman–Crippen MR) is 108 cm³/mol. The van der Waals surface area contributed by atoms with Crippen molar-refractivity contribution < 1.29 is 27.8 Å². The molecule has 29 heavy (non-hydrogen) atoms. The number of methoxy groups -OCH3 is 1. The molecule has 0 aliphatic heterocycles. The number of carbonyl (C=O) groups excluding carboxylic acids is 1. The highest BCUT2D eigenvalue weighted by Crippen LogP contribution is 2.33. The highest BCUT2D eigenvalue weighted by atomic mass is 19.3. The molecule has 0 saturated carbocycles. The summed E-state index contributed by atoms with van der Waals surface area (Å²) in [6.45, 7) is 2.59. The number of guanidine groups is 1. The van der Waals surface area contributed by atoms with Gasteiger partial charge in [0.15, 0.2) is 17.5 Å². The van der Waals surface area contributed by atoms with E-state index in [9.17, 15) is 13.6 Å². The van der Waals surface area contributed by atoms with E-state index in [4.69, 9.17) is 4.74 Å². The molecule has 7 nitrogen and oxygen atoms in total. The van der Waals surface area contributed by atoms with E-state index >= 15 is 0 Å². The van der Waals surface area contributed by atoms with Gasteiger partial charge in [0.1, 0.15) is 0 Å². The van der Waals surface area contributed by atoms with Gasteiger partial charge in [0.05, 0.1) is 20.3 Å². The molecule has 0 heterocycles. The molecule has 0 aliphatic carbocycles. The fourth-order valence-electron chi connectivity index (χ4n) is 2.56. The Kier molecular flexibility index (Phi) is 12.2. The van der Waals surface area contributed by atoms with Gasteiger partial charge in [-0.15, -0.1) is 0 Å². The molecule has 1 rings (SSSR count). The monoisotopic (exact) mass is 415 g/mol. The molecule has 0 aromatic heterocycles. The Hall–Kier alpha value is -2.58. The Labute approximate surface area is 170 Å². The Morgan fingerprint density at radius 1 is 1.17 bits per heavy atom. The zero-order valence-corrected chi connectivity index (χ0v) is 17.3. The van der Waals surface area contributed by atoms with Crippen molar-refractivity contribution in [1.29, 1.82) is 0 Å². The molecule has 2 N–H and O–H groups in total. The van der Waals surface area contributed by atoms with Crippen LogP contribution in [0.1, 0.15) is 45.1 Å². The minimum atomic E-state index is -2.95. The molecular formula is C20H31F2N3O4. The summed E-state index contributed by atoms with van der Waals surface area (Å²) in [7, 11) is 1.38. The van der Waals surface area contributed by atoms with E-state index in [0.29, 0.717) is 37.6 Å². The first-order valence-electron chi connectivity index (χ1n) is 9.80. The van der Waals surface area contributed by atoms with E-state index in [-0.39, 0.29) is 24.0 Å². The fourth-order valence-corrected chi connectivity index (χ4v) is 2.56. The number of hydrogen-bond acceptors (Lipinski definition) is 5. The molecule has 0 bridgehead atoms. The van der Waals surface area contributed by atoms with Crippen molar-refractivity contribution in [3.05, 3.63) is 23.8 Å². The standard InChI is InChI=1S/C20H31F2N3O4/c1-4-23-20(24-13-8-6-7-12-17(26)27-3)25-14-15-10-9-11-16(28-5-2)18(15)29-19(21)22/h9-11,19H,4-8,12-14H2,1-3H3,(H2,23,24,25). The summed E-state index contributed by atoms with van der Waals surface area (Å²) < 4.78 is 40.3. The number of carbonyl (C=O) groups is 1. The number of hydrogen-bond donors (Lipinski definition) is 2. The summed E-state index contributed by atoms with van der Waals surface area (Å²) in [6, 6.07) is 4.99. The van der Waals surface area contributed by atoms with E-state index < -0.39 is 6.61 Å². The molecule has 164 valence electrons. The molecule has 0 fully saturated rings. The lowest BCUT2D eigenvalue weighted by molar-refractivity contribution is -0.140. The Bertz CT molecular complexity index is 642. The normalized spacial score (nSPS) is 11.3. The molecule has 0 atom stereocenters. The number of nitrogens with one attached hydrogen (secondary N) is 2. The highest BCUT2D eigenvalue weighted by molar-refractivity contribution is 5.79. The first kappa shape index (κ1) is 24.5. The first-order valence-corrected chi connectivity index (χ1v) is 9.80. The van der Waals surface area contributed by atoms with Crippen LogP contribution < -0.4 is 20.1 Å². The Morgan fingerprint density at radius 3 is 2.62 bits per heavy atom. The number of para-hydroxylation sites is 1. The van der Waals surface area contributed by atoms with Gasteiger partial charge in [-0.05, 0) is 32.8 Å². The lowest BCUT2D eigenvalue weighted by Gasteiger charge is -2.15. The molecule has 0 saturated heterocycles. The number of nitrogens with zero attached hydrogens (tertiary/aromatic N) is 1. The third-order valence-electron chi connectivity index (χ3n) is 3.90. The van der Waals surface area contributed by atoms with Crippen molar-refractivity contribution in [2.75, 3.05) is 26.8 Å². The first-order chi connectivity index (χ1) is 14.0. The van der Waals surface area contributed by atoms with Gasteiger partial charge in [-0.1, -0.05) is 18.6 Å². The maximum Gasteiger partial charge on any atom is 0.387 e. The summed E-state index contributed by atoms with van der Waals surface area (Å²) in [5.41, 5.74) is 0.506. The minimum Gasteiger partial charge on any atom is -0.490 e. The lowest BCUT2D eigenvalue weighted by Crippen LogP contribution is -2.37. The van der Waals surface area contributed by atoms with Gasteiger partial charge in [0.25, 0.3) is 0 Å². The average Bonchev–Trinajstić information content (AvgIpc) is 2.70. The zero-order valence-electron chi connectivity index (χ0n) is 17.3. The van der Waals surface area contributed by atoms with Gasteiger partial charge >= 0.3 is 12.6 Å². The Balaban J connectivity index is 2.68. The van der Waals surface area contributed by atoms with Crippen LogP contribution in [0.4, 0.5) is 8.78 Å². The van der Waals surface area contributed by atoms with Crippen LogP contribution in [0.3, 0.4) is 0 Å². The second-order valence-corrected chi connectivity index (χ2v) is 6.06. The van der Waals surface area contributed by atoms with Crippen molar-refractivity contribution in [2.24, 2.45) is 4.99 Å². The molecular weight excluding hydrogens is 384 g/mol. The van der Waals surface area contributed by atoms with Crippen LogP contribution in [0.15, 0.2) is 23.2 Å². The number of alkyl halides is 2. The number of unbranched alkanes of at least 4 members (excludes halogenated alkanes) is 2. The fraction of sp³-hybridized carbons (Fsp3) is 0.600. The molecule has 0 spiro atoms. The van der Waals surface area contributed by atoms with Crippen LogP contribution in [0.2, 0.25) is 0 Å². The molecule has 9 heteroatoms. The van der Waals surface area contributed by atoms with Crippen molar-refractivity contribution >= 4 is 11.9 Å². The Morgan fingerprint density at radius 2 is 1.97 bits per heavy atom. The van der Waals surface area contributed by atoms with Crippen LogP contribution in [0.5, 0.6) is 11.5 Å². The van der Waals surface area contributed by atoms with Gasteiger partial charge < -0.3 is 24.8 Å². The summed E-state index contributed by atoms with van der Waals surface area (Å²) in [5.74, 6) is 0.644. The van der Waals surface area contributed by atoms with Crippen LogP contribution >= 0.6 is 0 Å². The number of rotatable bonds is 13. The zero-order chi connectivity index (χ0) is 21.5. The van der Waals surface area contributed by atoms with Crippen molar-refractivity contribution in [3.8, 4) is 11.5 Å². The maximum absolute atomic E-state index is 12.8. The van der Waals surface area contributed by atoms with Crippen molar-refractivity contribution in [2.45, 2.75) is 52.7 Å². The molecule has 0 radical (unpaired) electrons. The minimum absolute atomic E-state index is 0.00626. The second kappa shape index (κ2) is 14.4.